The first-order chi connectivity index (χ1) is 7.47. The zero-order chi connectivity index (χ0) is 12.3. The van der Waals surface area contributed by atoms with Crippen LogP contribution in [0.4, 0.5) is 8.78 Å². The topological polar surface area (TPSA) is 59.4 Å². The van der Waals surface area contributed by atoms with E-state index in [0.717, 1.165) is 13.3 Å². The first-order valence-electron chi connectivity index (χ1n) is 4.18. The predicted octanol–water partition coefficient (Wildman–Crippen LogP) is 2.09. The average Bonchev–Trinajstić information content (AvgIpc) is 2.23. The Morgan fingerprint density at radius 3 is 2.81 bits per heavy atom. The number of carbonyl (C=O) groups excluding carboxylic acids is 1. The molecule has 1 aromatic heterocycles. The Morgan fingerprint density at radius 2 is 2.31 bits per heavy atom. The van der Waals surface area contributed by atoms with E-state index < -0.39 is 23.8 Å². The van der Waals surface area contributed by atoms with Crippen LogP contribution in [0, 0.1) is 0 Å². The molecule has 0 saturated heterocycles. The molecule has 88 valence electrons. The standard InChI is InChI=1S/C9H8ClF2NO3/c1-16-6(14)2-4-5(10)3-13-7(8(4)15)9(11)12/h3,9,15H,2H2,1H3. The lowest BCUT2D eigenvalue weighted by Crippen LogP contribution is -2.07. The van der Waals surface area contributed by atoms with Crippen molar-refractivity contribution in [1.82, 2.24) is 4.98 Å². The molecule has 0 radical (unpaired) electrons. The van der Waals surface area contributed by atoms with E-state index in [1.165, 1.54) is 0 Å². The third-order valence-corrected chi connectivity index (χ3v) is 2.21. The normalized spacial score (nSPS) is 10.6. The van der Waals surface area contributed by atoms with Crippen LogP contribution in [0.2, 0.25) is 5.02 Å². The van der Waals surface area contributed by atoms with Crippen molar-refractivity contribution >= 4 is 17.6 Å². The number of aromatic hydroxyl groups is 1. The Kier molecular flexibility index (Phi) is 4.00. The minimum Gasteiger partial charge on any atom is -0.505 e. The van der Waals surface area contributed by atoms with Gasteiger partial charge in [-0.25, -0.2) is 13.8 Å². The van der Waals surface area contributed by atoms with Gasteiger partial charge < -0.3 is 9.84 Å². The number of methoxy groups -OCH3 is 1. The summed E-state index contributed by atoms with van der Waals surface area (Å²) in [5.41, 5.74) is -0.915. The molecule has 0 aromatic carbocycles. The third-order valence-electron chi connectivity index (χ3n) is 1.89. The van der Waals surface area contributed by atoms with E-state index in [9.17, 15) is 18.7 Å². The molecule has 0 aliphatic heterocycles. The maximum Gasteiger partial charge on any atom is 0.310 e. The van der Waals surface area contributed by atoms with E-state index in [0.29, 0.717) is 0 Å². The minimum absolute atomic E-state index is 0.0627. The van der Waals surface area contributed by atoms with E-state index in [1.54, 1.807) is 0 Å². The lowest BCUT2D eigenvalue weighted by Gasteiger charge is -2.09. The molecule has 16 heavy (non-hydrogen) atoms. The Balaban J connectivity index is 3.16. The molecular formula is C9H8ClF2NO3. The Hall–Kier alpha value is -1.43. The van der Waals surface area contributed by atoms with Crippen molar-refractivity contribution in [2.45, 2.75) is 12.8 Å². The van der Waals surface area contributed by atoms with Crippen molar-refractivity contribution in [3.8, 4) is 5.75 Å². The summed E-state index contributed by atoms with van der Waals surface area (Å²) in [6.07, 6.45) is -2.36. The average molecular weight is 252 g/mol. The Bertz CT molecular complexity index is 412. The van der Waals surface area contributed by atoms with Crippen LogP contribution in [0.25, 0.3) is 0 Å². The van der Waals surface area contributed by atoms with Crippen LogP contribution in [0.5, 0.6) is 5.75 Å². The van der Waals surface area contributed by atoms with Crippen LogP contribution in [-0.4, -0.2) is 23.2 Å². The molecule has 0 saturated carbocycles. The van der Waals surface area contributed by atoms with Gasteiger partial charge in [-0.3, -0.25) is 4.79 Å². The van der Waals surface area contributed by atoms with Crippen LogP contribution in [0.15, 0.2) is 6.20 Å². The number of hydrogen-bond donors (Lipinski definition) is 1. The van der Waals surface area contributed by atoms with Crippen molar-refractivity contribution in [2.24, 2.45) is 0 Å². The van der Waals surface area contributed by atoms with E-state index in [-0.39, 0.29) is 17.0 Å². The molecule has 0 bridgehead atoms. The molecule has 0 aliphatic carbocycles. The van der Waals surface area contributed by atoms with Crippen molar-refractivity contribution < 1.29 is 23.4 Å². The molecule has 0 aliphatic rings. The zero-order valence-corrected chi connectivity index (χ0v) is 8.96. The molecular weight excluding hydrogens is 244 g/mol. The van der Waals surface area contributed by atoms with Gasteiger partial charge in [0.1, 0.15) is 11.4 Å². The van der Waals surface area contributed by atoms with Gasteiger partial charge in [0, 0.05) is 11.8 Å². The summed E-state index contributed by atoms with van der Waals surface area (Å²) in [5.74, 6) is -1.46. The van der Waals surface area contributed by atoms with Crippen LogP contribution < -0.4 is 0 Å². The van der Waals surface area contributed by atoms with E-state index in [1.807, 2.05) is 0 Å². The SMILES string of the molecule is COC(=O)Cc1c(Cl)cnc(C(F)F)c1O. The highest BCUT2D eigenvalue weighted by Crippen LogP contribution is 2.33. The number of nitrogens with zero attached hydrogens (tertiary/aromatic N) is 1. The van der Waals surface area contributed by atoms with Crippen LogP contribution in [-0.2, 0) is 16.0 Å². The minimum atomic E-state index is -2.94. The molecule has 0 amide bonds. The first kappa shape index (κ1) is 12.6. The highest BCUT2D eigenvalue weighted by Gasteiger charge is 2.21. The van der Waals surface area contributed by atoms with Gasteiger partial charge in [-0.15, -0.1) is 0 Å². The molecule has 1 aromatic rings. The molecule has 4 nitrogen and oxygen atoms in total. The third kappa shape index (κ3) is 2.57. The van der Waals surface area contributed by atoms with Crippen molar-refractivity contribution in [3.63, 3.8) is 0 Å². The molecule has 0 unspecified atom stereocenters. The fraction of sp³-hybridized carbons (Fsp3) is 0.333. The maximum absolute atomic E-state index is 12.4. The summed E-state index contributed by atoms with van der Waals surface area (Å²) in [6.45, 7) is 0. The number of rotatable bonds is 3. The lowest BCUT2D eigenvalue weighted by molar-refractivity contribution is -0.139. The van der Waals surface area contributed by atoms with Crippen LogP contribution in [0.3, 0.4) is 0 Å². The zero-order valence-electron chi connectivity index (χ0n) is 8.21. The van der Waals surface area contributed by atoms with Crippen molar-refractivity contribution in [3.05, 3.63) is 22.5 Å². The highest BCUT2D eigenvalue weighted by atomic mass is 35.5. The fourth-order valence-corrected chi connectivity index (χ4v) is 1.28. The lowest BCUT2D eigenvalue weighted by atomic mass is 10.1. The number of ether oxygens (including phenoxy) is 1. The van der Waals surface area contributed by atoms with Gasteiger partial charge in [0.2, 0.25) is 0 Å². The highest BCUT2D eigenvalue weighted by molar-refractivity contribution is 6.31. The summed E-state index contributed by atoms with van der Waals surface area (Å²) in [4.78, 5) is 14.3. The van der Waals surface area contributed by atoms with Crippen LogP contribution in [0.1, 0.15) is 17.7 Å². The summed E-state index contributed by atoms with van der Waals surface area (Å²) in [5, 5.41) is 9.39. The molecule has 1 heterocycles. The van der Waals surface area contributed by atoms with Gasteiger partial charge >= 0.3 is 5.97 Å². The quantitative estimate of drug-likeness (QED) is 0.836. The predicted molar refractivity (Wildman–Crippen MR) is 51.6 cm³/mol. The van der Waals surface area contributed by atoms with Crippen molar-refractivity contribution in [2.75, 3.05) is 7.11 Å². The molecule has 0 fully saturated rings. The van der Waals surface area contributed by atoms with E-state index in [2.05, 4.69) is 9.72 Å². The van der Waals surface area contributed by atoms with Gasteiger partial charge in [-0.05, 0) is 0 Å². The smallest absolute Gasteiger partial charge is 0.310 e. The van der Waals surface area contributed by atoms with Gasteiger partial charge in [0.05, 0.1) is 18.6 Å². The van der Waals surface area contributed by atoms with E-state index in [4.69, 9.17) is 11.6 Å². The van der Waals surface area contributed by atoms with Crippen molar-refractivity contribution in [1.29, 1.82) is 0 Å². The monoisotopic (exact) mass is 251 g/mol. The van der Waals surface area contributed by atoms with Gasteiger partial charge in [0.15, 0.2) is 0 Å². The number of alkyl halides is 2. The fourth-order valence-electron chi connectivity index (χ4n) is 1.08. The van der Waals surface area contributed by atoms with Gasteiger partial charge in [0.25, 0.3) is 6.43 Å². The van der Waals surface area contributed by atoms with Gasteiger partial charge in [-0.2, -0.15) is 0 Å². The van der Waals surface area contributed by atoms with E-state index >= 15 is 0 Å². The molecule has 0 atom stereocenters. The number of halogens is 3. The number of hydrogen-bond acceptors (Lipinski definition) is 4. The number of aromatic nitrogens is 1. The molecule has 0 spiro atoms. The summed E-state index contributed by atoms with van der Waals surface area (Å²) >= 11 is 5.63. The number of carbonyl (C=O) groups is 1. The first-order valence-corrected chi connectivity index (χ1v) is 4.56. The Labute approximate surface area is 94.8 Å². The summed E-state index contributed by atoms with van der Waals surface area (Å²) in [7, 11) is 1.14. The second-order valence-electron chi connectivity index (χ2n) is 2.87. The van der Waals surface area contributed by atoms with Crippen LogP contribution >= 0.6 is 11.6 Å². The maximum atomic E-state index is 12.4. The second-order valence-corrected chi connectivity index (χ2v) is 3.28. The molecule has 7 heteroatoms. The Morgan fingerprint density at radius 1 is 1.69 bits per heavy atom. The van der Waals surface area contributed by atoms with Gasteiger partial charge in [-0.1, -0.05) is 11.6 Å². The second kappa shape index (κ2) is 5.07. The molecule has 1 N–H and O–H groups in total. The summed E-state index contributed by atoms with van der Waals surface area (Å²) < 4.78 is 29.1. The molecule has 1 rings (SSSR count). The largest absolute Gasteiger partial charge is 0.505 e. The number of esters is 1. The summed E-state index contributed by atoms with van der Waals surface area (Å²) in [6, 6.07) is 0. The number of pyridine rings is 1.